The van der Waals surface area contributed by atoms with Crippen LogP contribution in [0.15, 0.2) is 23.2 Å². The first-order valence-corrected chi connectivity index (χ1v) is 13.6. The average Bonchev–Trinajstić information content (AvgIpc) is 2.85. The van der Waals surface area contributed by atoms with E-state index in [1.54, 1.807) is 14.0 Å². The van der Waals surface area contributed by atoms with E-state index in [9.17, 15) is 9.59 Å². The van der Waals surface area contributed by atoms with Crippen molar-refractivity contribution in [3.05, 3.63) is 29.3 Å². The normalized spacial score (nSPS) is 17.6. The molecule has 0 saturated heterocycles. The van der Waals surface area contributed by atoms with Crippen molar-refractivity contribution in [1.29, 1.82) is 0 Å². The predicted octanol–water partition coefficient (Wildman–Crippen LogP) is 7.34. The van der Waals surface area contributed by atoms with Gasteiger partial charge in [-0.25, -0.2) is 9.79 Å². The Morgan fingerprint density at radius 2 is 1.49 bits per heavy atom. The van der Waals surface area contributed by atoms with E-state index in [1.165, 1.54) is 84.2 Å². The van der Waals surface area contributed by atoms with Gasteiger partial charge >= 0.3 is 12.0 Å². The Morgan fingerprint density at radius 1 is 0.914 bits per heavy atom. The highest BCUT2D eigenvalue weighted by atomic mass is 16.5. The van der Waals surface area contributed by atoms with Crippen molar-refractivity contribution in [3.8, 4) is 5.75 Å². The summed E-state index contributed by atoms with van der Waals surface area (Å²) in [4.78, 5) is 28.7. The summed E-state index contributed by atoms with van der Waals surface area (Å²) >= 11 is 0. The van der Waals surface area contributed by atoms with Crippen molar-refractivity contribution in [1.82, 2.24) is 5.32 Å². The fraction of sp³-hybridized carbons (Fsp3) is 0.690. The molecule has 6 nitrogen and oxygen atoms in total. The van der Waals surface area contributed by atoms with E-state index < -0.39 is 24.0 Å². The Kier molecular flexibility index (Phi) is 13.5. The Morgan fingerprint density at radius 3 is 2.03 bits per heavy atom. The zero-order valence-electron chi connectivity index (χ0n) is 22.4. The second kappa shape index (κ2) is 16.3. The summed E-state index contributed by atoms with van der Waals surface area (Å²) in [5.74, 6) is -0.403. The molecule has 2 amide bonds. The smallest absolute Gasteiger partial charge is 0.341 e. The zero-order valence-corrected chi connectivity index (χ0v) is 22.4. The van der Waals surface area contributed by atoms with Crippen LogP contribution in [0.1, 0.15) is 114 Å². The SMILES string of the molecule is CCCCCCCCCCCCCCCc1cccc(OC)c1C1NC(=O)N=C(C)C1C(=O)OC. The first-order valence-electron chi connectivity index (χ1n) is 13.6. The van der Waals surface area contributed by atoms with Crippen LogP contribution in [0.25, 0.3) is 0 Å². The van der Waals surface area contributed by atoms with Crippen LogP contribution in [0.4, 0.5) is 4.79 Å². The predicted molar refractivity (Wildman–Crippen MR) is 142 cm³/mol. The van der Waals surface area contributed by atoms with Gasteiger partial charge in [-0.05, 0) is 31.4 Å². The summed E-state index contributed by atoms with van der Waals surface area (Å²) in [5, 5.41) is 2.89. The number of unbranched alkanes of at least 4 members (excludes halogenated alkanes) is 12. The summed E-state index contributed by atoms with van der Waals surface area (Å²) < 4.78 is 10.7. The van der Waals surface area contributed by atoms with Crippen LogP contribution in [0.3, 0.4) is 0 Å². The second-order valence-electron chi connectivity index (χ2n) is 9.71. The van der Waals surface area contributed by atoms with E-state index in [4.69, 9.17) is 9.47 Å². The average molecular weight is 487 g/mol. The lowest BCUT2D eigenvalue weighted by atomic mass is 9.84. The number of amides is 2. The van der Waals surface area contributed by atoms with Crippen LogP contribution in [-0.4, -0.2) is 31.9 Å². The monoisotopic (exact) mass is 486 g/mol. The minimum absolute atomic E-state index is 0.408. The molecule has 1 aromatic rings. The Hall–Kier alpha value is -2.37. The van der Waals surface area contributed by atoms with Gasteiger partial charge in [-0.1, -0.05) is 96.1 Å². The second-order valence-corrected chi connectivity index (χ2v) is 9.71. The molecule has 2 rings (SSSR count). The highest BCUT2D eigenvalue weighted by molar-refractivity contribution is 6.08. The lowest BCUT2D eigenvalue weighted by Crippen LogP contribution is -2.44. The summed E-state index contributed by atoms with van der Waals surface area (Å²) in [6.07, 6.45) is 18.0. The number of carbonyl (C=O) groups excluding carboxylic acids is 2. The van der Waals surface area contributed by atoms with Gasteiger partial charge in [0.15, 0.2) is 0 Å². The molecule has 6 heteroatoms. The van der Waals surface area contributed by atoms with Gasteiger partial charge in [0, 0.05) is 11.3 Å². The van der Waals surface area contributed by atoms with E-state index in [2.05, 4.69) is 23.3 Å². The van der Waals surface area contributed by atoms with E-state index in [1.807, 2.05) is 12.1 Å². The quantitative estimate of drug-likeness (QED) is 0.184. The number of carbonyl (C=O) groups is 2. The number of nitrogens with one attached hydrogen (secondary N) is 1. The van der Waals surface area contributed by atoms with Gasteiger partial charge in [-0.2, -0.15) is 0 Å². The molecule has 1 N–H and O–H groups in total. The minimum Gasteiger partial charge on any atom is -0.496 e. The van der Waals surface area contributed by atoms with Crippen molar-refractivity contribution < 1.29 is 19.1 Å². The molecule has 196 valence electrons. The number of hydrogen-bond donors (Lipinski definition) is 1. The highest BCUT2D eigenvalue weighted by Crippen LogP contribution is 2.37. The molecule has 1 aromatic carbocycles. The number of hydrogen-bond acceptors (Lipinski definition) is 4. The van der Waals surface area contributed by atoms with Crippen LogP contribution in [0, 0.1) is 5.92 Å². The molecule has 1 heterocycles. The van der Waals surface area contributed by atoms with Crippen molar-refractivity contribution >= 4 is 17.7 Å². The first-order chi connectivity index (χ1) is 17.0. The van der Waals surface area contributed by atoms with Crippen LogP contribution in [-0.2, 0) is 16.0 Å². The maximum Gasteiger partial charge on any atom is 0.341 e. The van der Waals surface area contributed by atoms with E-state index in [0.29, 0.717) is 11.5 Å². The van der Waals surface area contributed by atoms with Gasteiger partial charge in [-0.3, -0.25) is 4.79 Å². The molecular formula is C29H46N2O4. The van der Waals surface area contributed by atoms with E-state index >= 15 is 0 Å². The van der Waals surface area contributed by atoms with Crippen LogP contribution < -0.4 is 10.1 Å². The third-order valence-corrected chi connectivity index (χ3v) is 7.03. The number of urea groups is 1. The Bertz CT molecular complexity index is 821. The number of esters is 1. The molecule has 0 saturated carbocycles. The third kappa shape index (κ3) is 9.30. The van der Waals surface area contributed by atoms with Crippen molar-refractivity contribution in [2.45, 2.75) is 110 Å². The van der Waals surface area contributed by atoms with Crippen molar-refractivity contribution in [2.75, 3.05) is 14.2 Å². The fourth-order valence-corrected chi connectivity index (χ4v) is 5.06. The van der Waals surface area contributed by atoms with Gasteiger partial charge in [-0.15, -0.1) is 0 Å². The molecule has 0 aliphatic carbocycles. The standard InChI is InChI=1S/C29H46N2O4/c1-5-6-7-8-9-10-11-12-13-14-15-16-17-19-23-20-18-21-24(34-3)26(23)27-25(28(32)35-4)22(2)30-29(33)31-27/h18,20-21,25,27H,5-17,19H2,1-4H3,(H,31,33). The van der Waals surface area contributed by atoms with E-state index in [0.717, 1.165) is 24.0 Å². The molecule has 1 aliphatic rings. The van der Waals surface area contributed by atoms with Gasteiger partial charge in [0.1, 0.15) is 11.7 Å². The first kappa shape index (κ1) is 28.9. The summed E-state index contributed by atoms with van der Waals surface area (Å²) in [6, 6.07) is 4.93. The van der Waals surface area contributed by atoms with Crippen LogP contribution >= 0.6 is 0 Å². The molecule has 35 heavy (non-hydrogen) atoms. The molecule has 1 aliphatic heterocycles. The molecule has 0 fully saturated rings. The summed E-state index contributed by atoms with van der Waals surface area (Å²) in [6.45, 7) is 3.97. The largest absolute Gasteiger partial charge is 0.496 e. The minimum atomic E-state index is -0.667. The summed E-state index contributed by atoms with van der Waals surface area (Å²) in [5.41, 5.74) is 2.41. The van der Waals surface area contributed by atoms with Gasteiger partial charge in [0.05, 0.1) is 20.3 Å². The summed E-state index contributed by atoms with van der Waals surface area (Å²) in [7, 11) is 2.98. The van der Waals surface area contributed by atoms with E-state index in [-0.39, 0.29) is 0 Å². The number of ether oxygens (including phenoxy) is 2. The highest BCUT2D eigenvalue weighted by Gasteiger charge is 2.40. The molecule has 2 unspecified atom stereocenters. The third-order valence-electron chi connectivity index (χ3n) is 7.03. The topological polar surface area (TPSA) is 77.0 Å². The molecule has 0 radical (unpaired) electrons. The number of benzene rings is 1. The van der Waals surface area contributed by atoms with Gasteiger partial charge < -0.3 is 14.8 Å². The lowest BCUT2D eigenvalue weighted by Gasteiger charge is -2.31. The Balaban J connectivity index is 1.86. The van der Waals surface area contributed by atoms with Crippen LogP contribution in [0.2, 0.25) is 0 Å². The Labute approximate surface area is 212 Å². The van der Waals surface area contributed by atoms with Crippen molar-refractivity contribution in [2.24, 2.45) is 10.9 Å². The van der Waals surface area contributed by atoms with Crippen molar-refractivity contribution in [3.63, 3.8) is 0 Å². The van der Waals surface area contributed by atoms with Crippen LogP contribution in [0.5, 0.6) is 5.75 Å². The number of rotatable bonds is 17. The number of nitrogens with zero attached hydrogens (tertiary/aromatic N) is 1. The van der Waals surface area contributed by atoms with Gasteiger partial charge in [0.25, 0.3) is 0 Å². The van der Waals surface area contributed by atoms with Gasteiger partial charge in [0.2, 0.25) is 0 Å². The molecule has 0 spiro atoms. The number of methoxy groups -OCH3 is 2. The maximum atomic E-state index is 12.6. The number of aliphatic imine (C=N–C) groups is 1. The lowest BCUT2D eigenvalue weighted by molar-refractivity contribution is -0.143. The molecular weight excluding hydrogens is 440 g/mol. The molecule has 0 bridgehead atoms. The number of aryl methyl sites for hydroxylation is 1. The zero-order chi connectivity index (χ0) is 25.5. The molecule has 0 aromatic heterocycles. The molecule has 2 atom stereocenters. The fourth-order valence-electron chi connectivity index (χ4n) is 5.06. The maximum absolute atomic E-state index is 12.6.